The Kier molecular flexibility index (Phi) is 12.3. The highest BCUT2D eigenvalue weighted by Crippen LogP contribution is 2.18. The van der Waals surface area contributed by atoms with Gasteiger partial charge in [0.15, 0.2) is 0 Å². The molecule has 0 aromatic carbocycles. The first-order valence-electron chi connectivity index (χ1n) is 9.79. The van der Waals surface area contributed by atoms with Crippen molar-refractivity contribution in [2.75, 3.05) is 13.6 Å². The molecule has 0 aromatic heterocycles. The molecule has 0 aromatic rings. The summed E-state index contributed by atoms with van der Waals surface area (Å²) in [6, 6.07) is 1.43. The maximum Gasteiger partial charge on any atom is 0.0221 e. The number of nitrogens with one attached hydrogen (secondary N) is 2. The van der Waals surface area contributed by atoms with Crippen molar-refractivity contribution in [1.82, 2.24) is 10.6 Å². The molecule has 2 unspecified atom stereocenters. The average molecular weight is 297 g/mol. The molecule has 1 aliphatic rings. The van der Waals surface area contributed by atoms with E-state index in [2.05, 4.69) is 24.6 Å². The summed E-state index contributed by atoms with van der Waals surface area (Å²) in [6.45, 7) is 3.51. The van der Waals surface area contributed by atoms with Crippen molar-refractivity contribution in [3.8, 4) is 0 Å². The maximum absolute atomic E-state index is 3.79. The van der Waals surface area contributed by atoms with Crippen molar-refractivity contribution in [1.29, 1.82) is 0 Å². The van der Waals surface area contributed by atoms with Gasteiger partial charge >= 0.3 is 0 Å². The summed E-state index contributed by atoms with van der Waals surface area (Å²) >= 11 is 0. The Labute approximate surface area is 133 Å². The second kappa shape index (κ2) is 13.6. The topological polar surface area (TPSA) is 24.1 Å². The number of likely N-dealkylation sites (N-methyl/N-ethyl adjacent to an activating group) is 1. The van der Waals surface area contributed by atoms with E-state index in [-0.39, 0.29) is 0 Å². The Morgan fingerprint density at radius 2 is 1.24 bits per heavy atom. The van der Waals surface area contributed by atoms with Gasteiger partial charge in [0.05, 0.1) is 0 Å². The van der Waals surface area contributed by atoms with E-state index in [1.807, 2.05) is 0 Å². The van der Waals surface area contributed by atoms with Crippen LogP contribution in [0.25, 0.3) is 0 Å². The van der Waals surface area contributed by atoms with Crippen molar-refractivity contribution in [3.05, 3.63) is 0 Å². The van der Waals surface area contributed by atoms with E-state index < -0.39 is 0 Å². The van der Waals surface area contributed by atoms with E-state index in [0.29, 0.717) is 6.04 Å². The van der Waals surface area contributed by atoms with Crippen molar-refractivity contribution >= 4 is 0 Å². The summed E-state index contributed by atoms with van der Waals surface area (Å²) in [7, 11) is 2.12. The molecule has 2 atom stereocenters. The first kappa shape index (κ1) is 19.0. The molecular formula is C19H40N2. The highest BCUT2D eigenvalue weighted by molar-refractivity contribution is 4.85. The third kappa shape index (κ3) is 9.52. The van der Waals surface area contributed by atoms with E-state index in [9.17, 15) is 0 Å². The molecule has 2 heteroatoms. The Hall–Kier alpha value is -0.0800. The first-order chi connectivity index (χ1) is 10.4. The molecule has 0 spiro atoms. The van der Waals surface area contributed by atoms with Crippen LogP contribution in [0.3, 0.4) is 0 Å². The molecule has 0 amide bonds. The van der Waals surface area contributed by atoms with Gasteiger partial charge in [-0.25, -0.2) is 0 Å². The van der Waals surface area contributed by atoms with Gasteiger partial charge in [0.2, 0.25) is 0 Å². The van der Waals surface area contributed by atoms with E-state index in [1.165, 1.54) is 96.4 Å². The average Bonchev–Trinajstić information content (AvgIpc) is 2.53. The largest absolute Gasteiger partial charge is 0.315 e. The highest BCUT2D eigenvalue weighted by atomic mass is 15.0. The molecule has 1 saturated carbocycles. The molecule has 1 aliphatic carbocycles. The van der Waals surface area contributed by atoms with Gasteiger partial charge in [0.25, 0.3) is 0 Å². The fourth-order valence-corrected chi connectivity index (χ4v) is 3.62. The Balaban J connectivity index is 1.83. The normalized spacial score (nSPS) is 22.6. The number of hydrogen-bond donors (Lipinski definition) is 2. The van der Waals surface area contributed by atoms with Crippen LogP contribution in [-0.4, -0.2) is 25.7 Å². The summed E-state index contributed by atoms with van der Waals surface area (Å²) in [5, 5.41) is 7.27. The molecule has 0 radical (unpaired) electrons. The van der Waals surface area contributed by atoms with Crippen LogP contribution in [0.2, 0.25) is 0 Å². The molecule has 0 bridgehead atoms. The second-order valence-corrected chi connectivity index (χ2v) is 6.92. The van der Waals surface area contributed by atoms with Gasteiger partial charge in [-0.15, -0.1) is 0 Å². The number of hydrogen-bond acceptors (Lipinski definition) is 2. The summed E-state index contributed by atoms with van der Waals surface area (Å²) in [5.74, 6) is 0. The number of unbranched alkanes of at least 4 members (excludes halogenated alkanes) is 9. The summed E-state index contributed by atoms with van der Waals surface area (Å²) < 4.78 is 0. The molecule has 0 saturated heterocycles. The predicted molar refractivity (Wildman–Crippen MR) is 95.0 cm³/mol. The minimum Gasteiger partial charge on any atom is -0.315 e. The zero-order valence-corrected chi connectivity index (χ0v) is 14.8. The van der Waals surface area contributed by atoms with Crippen LogP contribution < -0.4 is 10.6 Å². The quantitative estimate of drug-likeness (QED) is 0.466. The maximum atomic E-state index is 3.79. The molecule has 1 fully saturated rings. The third-order valence-electron chi connectivity index (χ3n) is 5.07. The summed E-state index contributed by atoms with van der Waals surface area (Å²) in [4.78, 5) is 0. The smallest absolute Gasteiger partial charge is 0.0221 e. The zero-order chi connectivity index (χ0) is 15.2. The van der Waals surface area contributed by atoms with E-state index >= 15 is 0 Å². The monoisotopic (exact) mass is 296 g/mol. The van der Waals surface area contributed by atoms with Gasteiger partial charge in [-0.05, 0) is 32.9 Å². The van der Waals surface area contributed by atoms with Crippen LogP contribution in [-0.2, 0) is 0 Å². The van der Waals surface area contributed by atoms with Crippen LogP contribution in [0.15, 0.2) is 0 Å². The lowest BCUT2D eigenvalue weighted by molar-refractivity contribution is 0.294. The molecule has 2 nitrogen and oxygen atoms in total. The number of rotatable bonds is 13. The van der Waals surface area contributed by atoms with E-state index in [0.717, 1.165) is 6.04 Å². The zero-order valence-electron chi connectivity index (χ0n) is 14.8. The van der Waals surface area contributed by atoms with Crippen LogP contribution in [0.5, 0.6) is 0 Å². The van der Waals surface area contributed by atoms with Gasteiger partial charge in [0, 0.05) is 12.1 Å². The fourth-order valence-electron chi connectivity index (χ4n) is 3.62. The van der Waals surface area contributed by atoms with Crippen molar-refractivity contribution < 1.29 is 0 Å². The SMILES string of the molecule is CCCCCCCCCCCCNC1CCCCC1NC. The van der Waals surface area contributed by atoms with Crippen LogP contribution in [0, 0.1) is 0 Å². The van der Waals surface area contributed by atoms with Gasteiger partial charge in [-0.2, -0.15) is 0 Å². The minimum absolute atomic E-state index is 0.710. The van der Waals surface area contributed by atoms with E-state index in [1.54, 1.807) is 0 Å². The molecule has 0 heterocycles. The Bertz CT molecular complexity index is 218. The van der Waals surface area contributed by atoms with E-state index in [4.69, 9.17) is 0 Å². The molecular weight excluding hydrogens is 256 g/mol. The molecule has 126 valence electrons. The lowest BCUT2D eigenvalue weighted by Gasteiger charge is -2.32. The minimum atomic E-state index is 0.710. The lowest BCUT2D eigenvalue weighted by Crippen LogP contribution is -2.48. The molecule has 2 N–H and O–H groups in total. The van der Waals surface area contributed by atoms with Crippen LogP contribution in [0.4, 0.5) is 0 Å². The molecule has 21 heavy (non-hydrogen) atoms. The van der Waals surface area contributed by atoms with Gasteiger partial charge < -0.3 is 10.6 Å². The second-order valence-electron chi connectivity index (χ2n) is 6.92. The summed E-state index contributed by atoms with van der Waals surface area (Å²) in [6.07, 6.45) is 19.8. The van der Waals surface area contributed by atoms with Crippen LogP contribution in [0.1, 0.15) is 96.8 Å². The molecule has 1 rings (SSSR count). The third-order valence-corrected chi connectivity index (χ3v) is 5.07. The molecule has 0 aliphatic heterocycles. The van der Waals surface area contributed by atoms with Crippen molar-refractivity contribution in [2.24, 2.45) is 0 Å². The van der Waals surface area contributed by atoms with Crippen molar-refractivity contribution in [3.63, 3.8) is 0 Å². The Morgan fingerprint density at radius 1 is 0.714 bits per heavy atom. The van der Waals surface area contributed by atoms with Crippen molar-refractivity contribution in [2.45, 2.75) is 109 Å². The lowest BCUT2D eigenvalue weighted by atomic mass is 9.90. The highest BCUT2D eigenvalue weighted by Gasteiger charge is 2.22. The van der Waals surface area contributed by atoms with Gasteiger partial charge in [-0.3, -0.25) is 0 Å². The van der Waals surface area contributed by atoms with Gasteiger partial charge in [-0.1, -0.05) is 77.6 Å². The fraction of sp³-hybridized carbons (Fsp3) is 1.00. The predicted octanol–water partition coefficient (Wildman–Crippen LogP) is 5.03. The first-order valence-corrected chi connectivity index (χ1v) is 9.79. The van der Waals surface area contributed by atoms with Gasteiger partial charge in [0.1, 0.15) is 0 Å². The van der Waals surface area contributed by atoms with Crippen LogP contribution >= 0.6 is 0 Å². The Morgan fingerprint density at radius 3 is 1.81 bits per heavy atom. The standard InChI is InChI=1S/C19H40N2/c1-3-4-5-6-7-8-9-10-11-14-17-21-19-16-13-12-15-18(19)20-2/h18-21H,3-17H2,1-2H3. The summed E-state index contributed by atoms with van der Waals surface area (Å²) in [5.41, 5.74) is 0.